The van der Waals surface area contributed by atoms with Crippen LogP contribution >= 0.6 is 0 Å². The van der Waals surface area contributed by atoms with E-state index in [0.717, 1.165) is 18.6 Å². The highest BCUT2D eigenvalue weighted by Gasteiger charge is 2.34. The summed E-state index contributed by atoms with van der Waals surface area (Å²) in [5.74, 6) is 1.61. The average Bonchev–Trinajstić information content (AvgIpc) is 2.62. The fourth-order valence-corrected chi connectivity index (χ4v) is 4.18. The van der Waals surface area contributed by atoms with E-state index in [4.69, 9.17) is 9.47 Å². The normalized spacial score (nSPS) is 23.9. The molecular formula is C23H38O2. The Morgan fingerprint density at radius 1 is 0.920 bits per heavy atom. The van der Waals surface area contributed by atoms with Crippen molar-refractivity contribution in [1.82, 2.24) is 0 Å². The second kappa shape index (κ2) is 8.58. The molecule has 1 aliphatic rings. The van der Waals surface area contributed by atoms with Crippen LogP contribution in [0.1, 0.15) is 91.0 Å². The Kier molecular flexibility index (Phi) is 6.96. The maximum absolute atomic E-state index is 6.67. The molecule has 2 heteroatoms. The molecule has 1 atom stereocenters. The average molecular weight is 347 g/mol. The molecule has 0 aromatic heterocycles. The lowest BCUT2D eigenvalue weighted by Crippen LogP contribution is -2.38. The molecule has 0 spiro atoms. The summed E-state index contributed by atoms with van der Waals surface area (Å²) in [7, 11) is 1.72. The Morgan fingerprint density at radius 3 is 2.00 bits per heavy atom. The maximum Gasteiger partial charge on any atom is 0.118 e. The maximum atomic E-state index is 6.67. The standard InChI is InChI=1S/C23H38O2/c1-7-22(3,4)17-23(5,8-2)25-21-15-11-19(12-16-21)18-9-13-20(24-6)14-10-18/h9-10,13-14,19,21H,7-8,11-12,15-17H2,1-6H3. The minimum atomic E-state index is 0.0110. The van der Waals surface area contributed by atoms with Gasteiger partial charge in [0.25, 0.3) is 0 Å². The summed E-state index contributed by atoms with van der Waals surface area (Å²) in [6.07, 6.45) is 8.68. The molecule has 142 valence electrons. The van der Waals surface area contributed by atoms with Gasteiger partial charge in [-0.2, -0.15) is 0 Å². The van der Waals surface area contributed by atoms with Crippen LogP contribution in [-0.4, -0.2) is 18.8 Å². The smallest absolute Gasteiger partial charge is 0.118 e. The SMILES string of the molecule is CCC(C)(C)CC(C)(CC)OC1CCC(c2ccc(OC)cc2)CC1. The van der Waals surface area contributed by atoms with E-state index in [1.807, 2.05) is 0 Å². The van der Waals surface area contributed by atoms with Crippen molar-refractivity contribution in [2.45, 2.75) is 97.2 Å². The molecule has 0 saturated heterocycles. The Morgan fingerprint density at radius 2 is 1.52 bits per heavy atom. The molecule has 1 aromatic carbocycles. The molecule has 25 heavy (non-hydrogen) atoms. The molecular weight excluding hydrogens is 308 g/mol. The Bertz CT molecular complexity index is 511. The van der Waals surface area contributed by atoms with E-state index in [1.165, 1.54) is 37.7 Å². The molecule has 1 fully saturated rings. The number of hydrogen-bond acceptors (Lipinski definition) is 2. The summed E-state index contributed by atoms with van der Waals surface area (Å²) in [5, 5.41) is 0. The van der Waals surface area contributed by atoms with Crippen LogP contribution < -0.4 is 4.74 Å². The quantitative estimate of drug-likeness (QED) is 0.519. The highest BCUT2D eigenvalue weighted by Crippen LogP contribution is 2.40. The van der Waals surface area contributed by atoms with Crippen LogP contribution in [0.25, 0.3) is 0 Å². The van der Waals surface area contributed by atoms with Crippen molar-refractivity contribution in [2.24, 2.45) is 5.41 Å². The van der Waals surface area contributed by atoms with Crippen molar-refractivity contribution in [1.29, 1.82) is 0 Å². The van der Waals surface area contributed by atoms with Gasteiger partial charge in [-0.05, 0) is 74.5 Å². The Hall–Kier alpha value is -1.02. The van der Waals surface area contributed by atoms with Crippen LogP contribution in [0.2, 0.25) is 0 Å². The minimum Gasteiger partial charge on any atom is -0.497 e. The van der Waals surface area contributed by atoms with E-state index in [2.05, 4.69) is 58.9 Å². The topological polar surface area (TPSA) is 18.5 Å². The predicted molar refractivity (Wildman–Crippen MR) is 106 cm³/mol. The van der Waals surface area contributed by atoms with E-state index >= 15 is 0 Å². The van der Waals surface area contributed by atoms with Crippen molar-refractivity contribution >= 4 is 0 Å². The monoisotopic (exact) mass is 346 g/mol. The molecule has 2 nitrogen and oxygen atoms in total. The second-order valence-electron chi connectivity index (χ2n) is 8.86. The van der Waals surface area contributed by atoms with Crippen molar-refractivity contribution < 1.29 is 9.47 Å². The molecule has 0 N–H and O–H groups in total. The number of ether oxygens (including phenoxy) is 2. The molecule has 1 unspecified atom stereocenters. The van der Waals surface area contributed by atoms with Crippen LogP contribution in [0.3, 0.4) is 0 Å². The van der Waals surface area contributed by atoms with E-state index in [-0.39, 0.29) is 5.60 Å². The van der Waals surface area contributed by atoms with E-state index in [1.54, 1.807) is 7.11 Å². The zero-order chi connectivity index (χ0) is 18.5. The van der Waals surface area contributed by atoms with Gasteiger partial charge in [0, 0.05) is 0 Å². The molecule has 2 rings (SSSR count). The molecule has 0 heterocycles. The van der Waals surface area contributed by atoms with Crippen LogP contribution in [0.4, 0.5) is 0 Å². The van der Waals surface area contributed by atoms with Crippen molar-refractivity contribution in [3.63, 3.8) is 0 Å². The third kappa shape index (κ3) is 5.74. The molecule has 1 aromatic rings. The van der Waals surface area contributed by atoms with Gasteiger partial charge in [-0.25, -0.2) is 0 Å². The summed E-state index contributed by atoms with van der Waals surface area (Å²) in [5.41, 5.74) is 1.81. The number of methoxy groups -OCH3 is 1. The third-order valence-corrected chi connectivity index (χ3v) is 6.27. The van der Waals surface area contributed by atoms with Gasteiger partial charge in [-0.1, -0.05) is 46.2 Å². The molecule has 1 saturated carbocycles. The summed E-state index contributed by atoms with van der Waals surface area (Å²) in [6.45, 7) is 11.6. The predicted octanol–water partition coefficient (Wildman–Crippen LogP) is 6.73. The van der Waals surface area contributed by atoms with Gasteiger partial charge in [0.05, 0.1) is 18.8 Å². The molecule has 0 amide bonds. The number of hydrogen-bond donors (Lipinski definition) is 0. The van der Waals surface area contributed by atoms with Crippen molar-refractivity contribution in [3.8, 4) is 5.75 Å². The summed E-state index contributed by atoms with van der Waals surface area (Å²) in [6, 6.07) is 8.62. The van der Waals surface area contributed by atoms with Crippen molar-refractivity contribution in [3.05, 3.63) is 29.8 Å². The van der Waals surface area contributed by atoms with Crippen LogP contribution in [0, 0.1) is 5.41 Å². The lowest BCUT2D eigenvalue weighted by atomic mass is 9.77. The fourth-order valence-electron chi connectivity index (χ4n) is 4.18. The van der Waals surface area contributed by atoms with Gasteiger partial charge in [0.15, 0.2) is 0 Å². The molecule has 0 bridgehead atoms. The van der Waals surface area contributed by atoms with Gasteiger partial charge in [0.1, 0.15) is 5.75 Å². The first-order valence-electron chi connectivity index (χ1n) is 10.1. The zero-order valence-electron chi connectivity index (χ0n) is 17.2. The van der Waals surface area contributed by atoms with E-state index in [9.17, 15) is 0 Å². The van der Waals surface area contributed by atoms with Gasteiger partial charge >= 0.3 is 0 Å². The van der Waals surface area contributed by atoms with Crippen LogP contribution in [-0.2, 0) is 4.74 Å². The first-order valence-corrected chi connectivity index (χ1v) is 10.1. The molecule has 0 aliphatic heterocycles. The largest absolute Gasteiger partial charge is 0.497 e. The number of rotatable bonds is 8. The summed E-state index contributed by atoms with van der Waals surface area (Å²) in [4.78, 5) is 0. The zero-order valence-corrected chi connectivity index (χ0v) is 17.2. The summed E-state index contributed by atoms with van der Waals surface area (Å²) >= 11 is 0. The van der Waals surface area contributed by atoms with Gasteiger partial charge < -0.3 is 9.47 Å². The number of benzene rings is 1. The fraction of sp³-hybridized carbons (Fsp3) is 0.739. The molecule has 1 aliphatic carbocycles. The summed E-state index contributed by atoms with van der Waals surface area (Å²) < 4.78 is 11.9. The minimum absolute atomic E-state index is 0.0110. The third-order valence-electron chi connectivity index (χ3n) is 6.27. The molecule has 0 radical (unpaired) electrons. The van der Waals surface area contributed by atoms with Gasteiger partial charge in [-0.3, -0.25) is 0 Å². The van der Waals surface area contributed by atoms with Crippen LogP contribution in [0.5, 0.6) is 5.75 Å². The van der Waals surface area contributed by atoms with Crippen LogP contribution in [0.15, 0.2) is 24.3 Å². The second-order valence-corrected chi connectivity index (χ2v) is 8.86. The highest BCUT2D eigenvalue weighted by atomic mass is 16.5. The lowest BCUT2D eigenvalue weighted by Gasteiger charge is -2.41. The first kappa shape index (κ1) is 20.3. The lowest BCUT2D eigenvalue weighted by molar-refractivity contribution is -0.117. The van der Waals surface area contributed by atoms with E-state index < -0.39 is 0 Å². The van der Waals surface area contributed by atoms with Gasteiger partial charge in [0.2, 0.25) is 0 Å². The Balaban J connectivity index is 1.90. The van der Waals surface area contributed by atoms with E-state index in [0.29, 0.717) is 17.4 Å². The van der Waals surface area contributed by atoms with Crippen molar-refractivity contribution in [2.75, 3.05) is 7.11 Å². The van der Waals surface area contributed by atoms with Gasteiger partial charge in [-0.15, -0.1) is 0 Å². The first-order chi connectivity index (χ1) is 11.8. The highest BCUT2D eigenvalue weighted by molar-refractivity contribution is 5.29. The Labute approximate surface area is 155 Å².